The molecule has 54 heavy (non-hydrogen) atoms. The number of methoxy groups -OCH3 is 2. The molecule has 14 heteroatoms. The number of hydrogen-bond acceptors (Lipinski definition) is 8. The van der Waals surface area contributed by atoms with Crippen LogP contribution in [0.3, 0.4) is 0 Å². The highest BCUT2D eigenvalue weighted by atomic mass is 16.5. The van der Waals surface area contributed by atoms with Gasteiger partial charge in [0.25, 0.3) is 0 Å². The average molecular weight is 738 g/mol. The minimum atomic E-state index is -0.958. The third-order valence-corrected chi connectivity index (χ3v) is 11.6. The molecule has 2 saturated heterocycles. The fourth-order valence-corrected chi connectivity index (χ4v) is 8.82. The van der Waals surface area contributed by atoms with Crippen LogP contribution in [-0.2, 0) is 33.7 Å². The van der Waals surface area contributed by atoms with E-state index in [9.17, 15) is 19.5 Å². The van der Waals surface area contributed by atoms with Crippen molar-refractivity contribution in [2.75, 3.05) is 27.4 Å². The molecule has 2 aromatic carbocycles. The van der Waals surface area contributed by atoms with E-state index in [-0.39, 0.29) is 35.9 Å². The summed E-state index contributed by atoms with van der Waals surface area (Å²) in [6.45, 7) is 7.20. The second kappa shape index (κ2) is 14.1. The van der Waals surface area contributed by atoms with E-state index in [0.717, 1.165) is 82.2 Å². The number of rotatable bonds is 8. The van der Waals surface area contributed by atoms with E-state index in [1.54, 1.807) is 13.3 Å². The first kappa shape index (κ1) is 35.6. The molecule has 5 heterocycles. The van der Waals surface area contributed by atoms with Crippen molar-refractivity contribution in [3.63, 3.8) is 0 Å². The average Bonchev–Trinajstić information content (AvgIpc) is 3.98. The SMILES string of the molecule is COC[C@H]1C[C@@H](c2ncc(-c3ccc4c(c3)COc3cc5c(cc3-4)CCc3[nH]c([C@@H]4CC[C@H](C)N4C(=O)[C@@H](NC(=O)OC)C(C)C)nc3-5)[nH]2)N(C(=O)O)C1. The number of alkyl carbamates (subject to hydrolysis) is 1. The van der Waals surface area contributed by atoms with Crippen LogP contribution in [0.2, 0.25) is 0 Å². The van der Waals surface area contributed by atoms with Gasteiger partial charge in [0.15, 0.2) is 0 Å². The van der Waals surface area contributed by atoms with E-state index in [1.807, 2.05) is 25.7 Å². The third kappa shape index (κ3) is 6.25. The number of carbonyl (C=O) groups is 3. The van der Waals surface area contributed by atoms with Gasteiger partial charge < -0.3 is 39.5 Å². The van der Waals surface area contributed by atoms with E-state index in [2.05, 4.69) is 50.6 Å². The number of fused-ring (bicyclic) bond motifs is 6. The zero-order chi connectivity index (χ0) is 37.8. The largest absolute Gasteiger partial charge is 0.488 e. The molecule has 14 nitrogen and oxygen atoms in total. The van der Waals surface area contributed by atoms with Gasteiger partial charge in [-0.05, 0) is 85.4 Å². The standard InChI is InChI=1S/C40H47N7O7/c1-20(2)34(45-39(49)53-5)38(48)47-21(3)6-11-31(47)37-42-29-10-8-23-14-28-26-9-7-24(13-25(26)19-54-33(28)15-27(23)35(29)44-37)30-16-41-36(43-30)32-12-22(18-52-4)17-46(32)40(50)51/h7,9,13-16,20-22,31-32,34H,6,8,10-12,17-19H2,1-5H3,(H,41,43)(H,42,44)(H,45,49)(H,50,51)/t21-,22-,31-,32-,34-/m0/s1. The summed E-state index contributed by atoms with van der Waals surface area (Å²) < 4.78 is 16.5. The second-order valence-electron chi connectivity index (χ2n) is 15.4. The quantitative estimate of drug-likeness (QED) is 0.163. The summed E-state index contributed by atoms with van der Waals surface area (Å²) in [5.74, 6) is 2.07. The maximum Gasteiger partial charge on any atom is 0.407 e. The number of carboxylic acid groups (broad SMARTS) is 1. The predicted molar refractivity (Wildman–Crippen MR) is 199 cm³/mol. The van der Waals surface area contributed by atoms with Crippen LogP contribution in [0.5, 0.6) is 5.75 Å². The maximum atomic E-state index is 13.9. The predicted octanol–water partition coefficient (Wildman–Crippen LogP) is 6.24. The molecule has 0 bridgehead atoms. The number of ether oxygens (including phenoxy) is 3. The number of aryl methyl sites for hydroxylation is 2. The number of nitrogens with zero attached hydrogens (tertiary/aromatic N) is 4. The number of hydrogen-bond donors (Lipinski definition) is 4. The van der Waals surface area contributed by atoms with Crippen molar-refractivity contribution in [2.24, 2.45) is 11.8 Å². The second-order valence-corrected chi connectivity index (χ2v) is 15.4. The number of aromatic nitrogens is 4. The molecule has 0 unspecified atom stereocenters. The summed E-state index contributed by atoms with van der Waals surface area (Å²) in [7, 11) is 2.93. The van der Waals surface area contributed by atoms with Crippen molar-refractivity contribution >= 4 is 18.1 Å². The first-order chi connectivity index (χ1) is 26.0. The Labute approximate surface area is 313 Å². The highest BCUT2D eigenvalue weighted by Crippen LogP contribution is 2.46. The zero-order valence-electron chi connectivity index (χ0n) is 31.3. The van der Waals surface area contributed by atoms with Gasteiger partial charge in [-0.25, -0.2) is 19.6 Å². The lowest BCUT2D eigenvalue weighted by molar-refractivity contribution is -0.137. The van der Waals surface area contributed by atoms with Crippen LogP contribution in [0.1, 0.15) is 80.6 Å². The Hall–Kier alpha value is -5.37. The minimum Gasteiger partial charge on any atom is -0.488 e. The number of carbonyl (C=O) groups excluding carboxylic acids is 2. The summed E-state index contributed by atoms with van der Waals surface area (Å²) in [4.78, 5) is 58.1. The number of benzene rings is 2. The molecule has 2 fully saturated rings. The van der Waals surface area contributed by atoms with E-state index in [1.165, 1.54) is 17.6 Å². The van der Waals surface area contributed by atoms with Gasteiger partial charge >= 0.3 is 12.2 Å². The Morgan fingerprint density at radius 3 is 2.61 bits per heavy atom. The molecule has 5 atom stereocenters. The van der Waals surface area contributed by atoms with Gasteiger partial charge in [0, 0.05) is 42.4 Å². The van der Waals surface area contributed by atoms with Crippen LogP contribution in [-0.4, -0.2) is 92.4 Å². The molecule has 284 valence electrons. The Bertz CT molecular complexity index is 2110. The van der Waals surface area contributed by atoms with Gasteiger partial charge in [-0.15, -0.1) is 0 Å². The molecule has 4 aromatic rings. The van der Waals surface area contributed by atoms with Crippen LogP contribution in [0.25, 0.3) is 33.6 Å². The monoisotopic (exact) mass is 737 g/mol. The van der Waals surface area contributed by atoms with Crippen LogP contribution in [0.15, 0.2) is 36.5 Å². The number of nitrogens with one attached hydrogen (secondary N) is 3. The summed E-state index contributed by atoms with van der Waals surface area (Å²) in [5.41, 5.74) is 9.16. The highest BCUT2D eigenvalue weighted by Gasteiger charge is 2.42. The Morgan fingerprint density at radius 2 is 1.85 bits per heavy atom. The molecular weight excluding hydrogens is 690 g/mol. The molecule has 0 saturated carbocycles. The summed E-state index contributed by atoms with van der Waals surface area (Å²) in [5, 5.41) is 12.6. The summed E-state index contributed by atoms with van der Waals surface area (Å²) in [6, 6.07) is 9.35. The first-order valence-electron chi connectivity index (χ1n) is 18.8. The number of H-pyrrole nitrogens is 2. The van der Waals surface area contributed by atoms with Crippen LogP contribution >= 0.6 is 0 Å². The molecular formula is C40H47N7O7. The highest BCUT2D eigenvalue weighted by molar-refractivity contribution is 5.87. The van der Waals surface area contributed by atoms with Crippen molar-refractivity contribution in [3.05, 3.63) is 65.0 Å². The van der Waals surface area contributed by atoms with Crippen LogP contribution in [0, 0.1) is 11.8 Å². The molecule has 2 aromatic heterocycles. The van der Waals surface area contributed by atoms with Crippen molar-refractivity contribution in [1.82, 2.24) is 35.1 Å². The van der Waals surface area contributed by atoms with Crippen molar-refractivity contribution in [1.29, 1.82) is 0 Å². The molecule has 3 aliphatic heterocycles. The normalized spacial score (nSPS) is 21.9. The smallest absolute Gasteiger partial charge is 0.407 e. The van der Waals surface area contributed by atoms with Gasteiger partial charge in [0.2, 0.25) is 5.91 Å². The minimum absolute atomic E-state index is 0.00243. The lowest BCUT2D eigenvalue weighted by Crippen LogP contribution is -2.52. The molecule has 4 aliphatic rings. The van der Waals surface area contributed by atoms with E-state index in [0.29, 0.717) is 32.0 Å². The zero-order valence-corrected chi connectivity index (χ0v) is 31.3. The van der Waals surface area contributed by atoms with Crippen molar-refractivity contribution < 1.29 is 33.7 Å². The molecule has 4 N–H and O–H groups in total. The fourth-order valence-electron chi connectivity index (χ4n) is 8.82. The maximum absolute atomic E-state index is 13.9. The van der Waals surface area contributed by atoms with Gasteiger partial charge in [-0.3, -0.25) is 9.69 Å². The fraction of sp³-hybridized carbons (Fsp3) is 0.475. The lowest BCUT2D eigenvalue weighted by Gasteiger charge is -2.32. The molecule has 0 spiro atoms. The van der Waals surface area contributed by atoms with Gasteiger partial charge in [0.1, 0.15) is 30.0 Å². The van der Waals surface area contributed by atoms with E-state index >= 15 is 0 Å². The third-order valence-electron chi connectivity index (χ3n) is 11.6. The lowest BCUT2D eigenvalue weighted by atomic mass is 9.86. The number of likely N-dealkylation sites (tertiary alicyclic amines) is 2. The van der Waals surface area contributed by atoms with Crippen LogP contribution in [0.4, 0.5) is 9.59 Å². The Morgan fingerprint density at radius 1 is 1.02 bits per heavy atom. The van der Waals surface area contributed by atoms with Crippen LogP contribution < -0.4 is 10.1 Å². The Balaban J connectivity index is 1.04. The summed E-state index contributed by atoms with van der Waals surface area (Å²) >= 11 is 0. The van der Waals surface area contributed by atoms with Crippen molar-refractivity contribution in [2.45, 2.75) is 83.6 Å². The number of aromatic amines is 2. The van der Waals surface area contributed by atoms with Gasteiger partial charge in [-0.1, -0.05) is 26.0 Å². The Kier molecular flexibility index (Phi) is 9.32. The number of imidazole rings is 2. The van der Waals surface area contributed by atoms with E-state index < -0.39 is 18.2 Å². The van der Waals surface area contributed by atoms with E-state index in [4.69, 9.17) is 19.2 Å². The molecule has 0 radical (unpaired) electrons. The topological polar surface area (TPSA) is 175 Å². The first-order valence-corrected chi connectivity index (χ1v) is 18.8. The molecule has 3 amide bonds. The number of amides is 3. The van der Waals surface area contributed by atoms with Gasteiger partial charge in [0.05, 0.1) is 43.4 Å². The molecule has 8 rings (SSSR count). The summed E-state index contributed by atoms with van der Waals surface area (Å²) in [6.07, 6.45) is 4.09. The molecule has 1 aliphatic carbocycles. The van der Waals surface area contributed by atoms with Crippen molar-refractivity contribution in [3.8, 4) is 39.4 Å². The van der Waals surface area contributed by atoms with Gasteiger partial charge in [-0.2, -0.15) is 0 Å².